The van der Waals surface area contributed by atoms with E-state index in [1.165, 1.54) is 6.92 Å². The van der Waals surface area contributed by atoms with Crippen molar-refractivity contribution in [3.8, 4) is 11.8 Å². The highest BCUT2D eigenvalue weighted by molar-refractivity contribution is 5.98. The van der Waals surface area contributed by atoms with Gasteiger partial charge in [0.15, 0.2) is 5.78 Å². The highest BCUT2D eigenvalue weighted by Crippen LogP contribution is 2.19. The van der Waals surface area contributed by atoms with Gasteiger partial charge in [0.25, 0.3) is 5.91 Å². The third-order valence-corrected chi connectivity index (χ3v) is 6.25. The summed E-state index contributed by atoms with van der Waals surface area (Å²) in [7, 11) is 0. The van der Waals surface area contributed by atoms with Crippen LogP contribution in [-0.4, -0.2) is 76.9 Å². The number of rotatable bonds is 10. The number of carbonyl (C=O) groups excluding carboxylic acids is 4. The molecule has 2 amide bonds. The maximum Gasteiger partial charge on any atom is 0.251 e. The molecule has 2 aromatic rings. The molecule has 2 aromatic carbocycles. The summed E-state index contributed by atoms with van der Waals surface area (Å²) in [6, 6.07) is 12.4. The van der Waals surface area contributed by atoms with Crippen LogP contribution in [0, 0.1) is 17.8 Å². The lowest BCUT2D eigenvalue weighted by Gasteiger charge is -2.19. The molecule has 1 saturated heterocycles. The van der Waals surface area contributed by atoms with E-state index in [-0.39, 0.29) is 17.3 Å². The van der Waals surface area contributed by atoms with Gasteiger partial charge in [0, 0.05) is 35.3 Å². The van der Waals surface area contributed by atoms with Gasteiger partial charge in [-0.05, 0) is 81.3 Å². The average molecular weight is 520 g/mol. The van der Waals surface area contributed by atoms with E-state index in [4.69, 9.17) is 5.11 Å². The largest absolute Gasteiger partial charge is 0.391 e. The number of aliphatic hydroxyl groups excluding tert-OH is 2. The zero-order valence-corrected chi connectivity index (χ0v) is 21.6. The first kappa shape index (κ1) is 28.7. The Bertz CT molecular complexity index is 1210. The number of ketones is 2. The van der Waals surface area contributed by atoms with Crippen molar-refractivity contribution in [1.29, 1.82) is 0 Å². The molecule has 0 saturated carbocycles. The summed E-state index contributed by atoms with van der Waals surface area (Å²) >= 11 is 0. The van der Waals surface area contributed by atoms with Gasteiger partial charge in [0.2, 0.25) is 5.91 Å². The smallest absolute Gasteiger partial charge is 0.251 e. The maximum absolute atomic E-state index is 12.4. The predicted octanol–water partition coefficient (Wildman–Crippen LogP) is 1.37. The Labute approximate surface area is 222 Å². The second-order valence-corrected chi connectivity index (χ2v) is 9.56. The number of Topliss-reactive ketones (excluding diaryl/α,β-unsaturated/α-hetero) is 2. The summed E-state index contributed by atoms with van der Waals surface area (Å²) in [5.74, 6) is 5.24. The molecule has 1 aliphatic rings. The molecule has 0 aliphatic carbocycles. The molecule has 1 heterocycles. The summed E-state index contributed by atoms with van der Waals surface area (Å²) in [5.41, 5.74) is 2.38. The van der Waals surface area contributed by atoms with E-state index in [1.54, 1.807) is 55.5 Å². The first-order chi connectivity index (χ1) is 18.1. The van der Waals surface area contributed by atoms with Crippen molar-refractivity contribution in [2.24, 2.45) is 5.92 Å². The fourth-order valence-corrected chi connectivity index (χ4v) is 4.31. The number of nitrogens with one attached hydrogen (secondary N) is 2. The van der Waals surface area contributed by atoms with Crippen LogP contribution in [0.15, 0.2) is 48.5 Å². The summed E-state index contributed by atoms with van der Waals surface area (Å²) < 4.78 is 0. The quantitative estimate of drug-likeness (QED) is 0.348. The van der Waals surface area contributed by atoms with Crippen molar-refractivity contribution in [1.82, 2.24) is 10.2 Å². The molecular weight excluding hydrogens is 486 g/mol. The second kappa shape index (κ2) is 13.6. The van der Waals surface area contributed by atoms with Crippen LogP contribution < -0.4 is 10.6 Å². The summed E-state index contributed by atoms with van der Waals surface area (Å²) in [6.45, 7) is 4.06. The Morgan fingerprint density at radius 2 is 1.63 bits per heavy atom. The number of nitrogens with zero attached hydrogens (tertiary/aromatic N) is 1. The maximum atomic E-state index is 12.4. The molecule has 1 aliphatic heterocycles. The Morgan fingerprint density at radius 1 is 1.03 bits per heavy atom. The van der Waals surface area contributed by atoms with E-state index in [0.29, 0.717) is 30.1 Å². The van der Waals surface area contributed by atoms with Crippen molar-refractivity contribution in [3.63, 3.8) is 0 Å². The van der Waals surface area contributed by atoms with Crippen LogP contribution in [-0.2, 0) is 14.4 Å². The van der Waals surface area contributed by atoms with Gasteiger partial charge in [-0.1, -0.05) is 11.8 Å². The summed E-state index contributed by atoms with van der Waals surface area (Å²) in [4.78, 5) is 49.8. The molecule has 0 bridgehead atoms. The minimum atomic E-state index is -1.19. The molecule has 4 N–H and O–H groups in total. The molecule has 3 atom stereocenters. The average Bonchev–Trinajstić information content (AvgIpc) is 3.31. The van der Waals surface area contributed by atoms with Crippen LogP contribution in [0.25, 0.3) is 0 Å². The fourth-order valence-electron chi connectivity index (χ4n) is 4.31. The molecule has 9 nitrogen and oxygen atoms in total. The zero-order valence-electron chi connectivity index (χ0n) is 21.6. The monoisotopic (exact) mass is 519 g/mol. The van der Waals surface area contributed by atoms with E-state index in [9.17, 15) is 24.3 Å². The summed E-state index contributed by atoms with van der Waals surface area (Å²) in [6.07, 6.45) is 0.364. The van der Waals surface area contributed by atoms with E-state index >= 15 is 0 Å². The number of amides is 2. The lowest BCUT2D eigenvalue weighted by atomic mass is 10.0. The Hall–Kier alpha value is -3.84. The van der Waals surface area contributed by atoms with Gasteiger partial charge in [0.1, 0.15) is 18.4 Å². The van der Waals surface area contributed by atoms with Crippen LogP contribution in [0.2, 0.25) is 0 Å². The number of hydrogen-bond donors (Lipinski definition) is 4. The number of aliphatic hydroxyl groups is 2. The van der Waals surface area contributed by atoms with Crippen LogP contribution >= 0.6 is 0 Å². The van der Waals surface area contributed by atoms with Crippen molar-refractivity contribution >= 4 is 29.1 Å². The van der Waals surface area contributed by atoms with Crippen LogP contribution in [0.3, 0.4) is 0 Å². The van der Waals surface area contributed by atoms with E-state index in [2.05, 4.69) is 27.4 Å². The van der Waals surface area contributed by atoms with Gasteiger partial charge in [-0.15, -0.1) is 0 Å². The number of likely N-dealkylation sites (tertiary alicyclic amines) is 1. The zero-order chi connectivity index (χ0) is 27.7. The van der Waals surface area contributed by atoms with Crippen molar-refractivity contribution < 1.29 is 29.4 Å². The van der Waals surface area contributed by atoms with Gasteiger partial charge in [-0.25, -0.2) is 0 Å². The standard InChI is InChI=1S/C29H33N3O6/c1-19(34)15-23-13-14-32(16-23)17-27(37)30-25-11-7-22(8-12-25)4-3-21-5-9-24(10-6-21)29(38)31-28(20(2)35)26(36)18-33/h5-12,20,23,28,33,35H,13-18H2,1-2H3,(H,30,37)(H,31,38)/t20-,23-,28+/m1/s1. The molecule has 1 fully saturated rings. The number of carbonyl (C=O) groups is 4. The Balaban J connectivity index is 1.51. The van der Waals surface area contributed by atoms with Gasteiger partial charge in [0.05, 0.1) is 12.6 Å². The fraction of sp³-hybridized carbons (Fsp3) is 0.379. The van der Waals surface area contributed by atoms with E-state index < -0.39 is 30.4 Å². The topological polar surface area (TPSA) is 136 Å². The Kier molecular flexibility index (Phi) is 10.3. The molecule has 3 rings (SSSR count). The lowest BCUT2D eigenvalue weighted by Crippen LogP contribution is -2.48. The first-order valence-corrected chi connectivity index (χ1v) is 12.5. The first-order valence-electron chi connectivity index (χ1n) is 12.5. The molecule has 0 unspecified atom stereocenters. The molecule has 0 aromatic heterocycles. The highest BCUT2D eigenvalue weighted by Gasteiger charge is 2.26. The Morgan fingerprint density at radius 3 is 2.18 bits per heavy atom. The summed E-state index contributed by atoms with van der Waals surface area (Å²) in [5, 5.41) is 24.0. The third kappa shape index (κ3) is 8.63. The molecule has 9 heteroatoms. The SMILES string of the molecule is CC(=O)C[C@H]1CCN(CC(=O)Nc2ccc(C#Cc3ccc(C(=O)N[C@H](C(=O)CO)[C@@H](C)O)cc3)cc2)C1. The van der Waals surface area contributed by atoms with Crippen LogP contribution in [0.1, 0.15) is 48.2 Å². The second-order valence-electron chi connectivity index (χ2n) is 9.56. The van der Waals surface area contributed by atoms with Crippen LogP contribution in [0.5, 0.6) is 0 Å². The van der Waals surface area contributed by atoms with Gasteiger partial charge in [-0.3, -0.25) is 19.3 Å². The minimum Gasteiger partial charge on any atom is -0.391 e. The normalized spacial score (nSPS) is 16.6. The molecule has 0 radical (unpaired) electrons. The van der Waals surface area contributed by atoms with E-state index in [1.807, 2.05) is 0 Å². The lowest BCUT2D eigenvalue weighted by molar-refractivity contribution is -0.126. The van der Waals surface area contributed by atoms with Crippen molar-refractivity contribution in [2.75, 3.05) is 31.6 Å². The molecule has 38 heavy (non-hydrogen) atoms. The number of benzene rings is 2. The third-order valence-electron chi connectivity index (χ3n) is 6.25. The van der Waals surface area contributed by atoms with Gasteiger partial charge in [-0.2, -0.15) is 0 Å². The van der Waals surface area contributed by atoms with Gasteiger partial charge >= 0.3 is 0 Å². The number of hydrogen-bond acceptors (Lipinski definition) is 7. The van der Waals surface area contributed by atoms with Crippen molar-refractivity contribution in [3.05, 3.63) is 65.2 Å². The number of anilines is 1. The highest BCUT2D eigenvalue weighted by atomic mass is 16.3. The molecular formula is C29H33N3O6. The minimum absolute atomic E-state index is 0.100. The van der Waals surface area contributed by atoms with Gasteiger partial charge < -0.3 is 25.6 Å². The molecule has 200 valence electrons. The van der Waals surface area contributed by atoms with E-state index in [0.717, 1.165) is 25.1 Å². The molecule has 0 spiro atoms. The predicted molar refractivity (Wildman–Crippen MR) is 142 cm³/mol. The van der Waals surface area contributed by atoms with Crippen LogP contribution in [0.4, 0.5) is 5.69 Å². The van der Waals surface area contributed by atoms with Crippen molar-refractivity contribution in [2.45, 2.75) is 38.8 Å².